The number of nitrogens with zero attached hydrogens (tertiary/aromatic N) is 5. The van der Waals surface area contributed by atoms with Gasteiger partial charge in [0, 0.05) is 70.8 Å². The van der Waals surface area contributed by atoms with Crippen LogP contribution in [0.1, 0.15) is 35.8 Å². The highest BCUT2D eigenvalue weighted by atomic mass is 35.5. The van der Waals surface area contributed by atoms with Crippen LogP contribution in [-0.4, -0.2) is 77.5 Å². The van der Waals surface area contributed by atoms with Crippen LogP contribution in [0.2, 0.25) is 5.02 Å². The van der Waals surface area contributed by atoms with E-state index in [4.69, 9.17) is 11.6 Å². The maximum Gasteiger partial charge on any atom is 0.252 e. The van der Waals surface area contributed by atoms with Gasteiger partial charge in [-0.15, -0.1) is 0 Å². The van der Waals surface area contributed by atoms with E-state index < -0.39 is 0 Å². The van der Waals surface area contributed by atoms with Crippen LogP contribution in [0.15, 0.2) is 36.7 Å². The number of likely N-dealkylation sites (tertiary alicyclic amines) is 1. The van der Waals surface area contributed by atoms with Gasteiger partial charge in [-0.05, 0) is 38.0 Å². The van der Waals surface area contributed by atoms with Crippen molar-refractivity contribution >= 4 is 23.3 Å². The third-order valence-corrected chi connectivity index (χ3v) is 6.71. The van der Waals surface area contributed by atoms with Crippen molar-refractivity contribution in [3.8, 4) is 0 Å². The van der Waals surface area contributed by atoms with E-state index >= 15 is 0 Å². The van der Waals surface area contributed by atoms with Crippen LogP contribution < -0.4 is 10.2 Å². The lowest BCUT2D eigenvalue weighted by Crippen LogP contribution is -2.57. The van der Waals surface area contributed by atoms with Gasteiger partial charge in [0.15, 0.2) is 0 Å². The number of piperazine rings is 1. The third kappa shape index (κ3) is 5.17. The first-order valence-corrected chi connectivity index (χ1v) is 11.4. The maximum atomic E-state index is 11.8. The number of hydrogen-bond donors (Lipinski definition) is 1. The van der Waals surface area contributed by atoms with E-state index in [2.05, 4.69) is 49.0 Å². The molecule has 31 heavy (non-hydrogen) atoms. The molecule has 0 aromatic carbocycles. The van der Waals surface area contributed by atoms with Crippen molar-refractivity contribution in [1.82, 2.24) is 25.1 Å². The number of halogens is 1. The van der Waals surface area contributed by atoms with Crippen LogP contribution in [0.25, 0.3) is 0 Å². The van der Waals surface area contributed by atoms with E-state index in [1.807, 2.05) is 12.3 Å². The lowest BCUT2D eigenvalue weighted by molar-refractivity contribution is 0.0686. The van der Waals surface area contributed by atoms with Crippen LogP contribution in [0.3, 0.4) is 0 Å². The van der Waals surface area contributed by atoms with Crippen LogP contribution in [0.5, 0.6) is 0 Å². The van der Waals surface area contributed by atoms with Gasteiger partial charge in [0.2, 0.25) is 0 Å². The average molecular weight is 443 g/mol. The Morgan fingerprint density at radius 3 is 2.65 bits per heavy atom. The number of amides is 1. The van der Waals surface area contributed by atoms with Gasteiger partial charge in [-0.3, -0.25) is 19.6 Å². The van der Waals surface area contributed by atoms with Crippen molar-refractivity contribution in [2.45, 2.75) is 38.4 Å². The van der Waals surface area contributed by atoms with E-state index in [1.165, 1.54) is 12.8 Å². The summed E-state index contributed by atoms with van der Waals surface area (Å²) in [6, 6.07) is 8.89. The fraction of sp³-hybridized carbons (Fsp3) is 0.522. The first-order chi connectivity index (χ1) is 15.0. The highest BCUT2D eigenvalue weighted by Crippen LogP contribution is 2.28. The zero-order valence-corrected chi connectivity index (χ0v) is 19.1. The molecule has 0 radical (unpaired) electrons. The van der Waals surface area contributed by atoms with Crippen LogP contribution >= 0.6 is 11.6 Å². The van der Waals surface area contributed by atoms with Gasteiger partial charge in [-0.25, -0.2) is 4.98 Å². The number of anilines is 1. The SMILES string of the molecule is CNC(=O)c1cnc(N2CCN(C3CCN(Cc4ccccn4)CC3)[C@@H](C)C2)c(Cl)c1. The van der Waals surface area contributed by atoms with Gasteiger partial charge in [-0.2, -0.15) is 0 Å². The van der Waals surface area contributed by atoms with Crippen LogP contribution in [0, 0.1) is 0 Å². The number of pyridine rings is 2. The number of rotatable bonds is 5. The monoisotopic (exact) mass is 442 g/mol. The van der Waals surface area contributed by atoms with Gasteiger partial charge in [0.05, 0.1) is 16.3 Å². The molecular formula is C23H31ClN6O. The Hall–Kier alpha value is -2.22. The Bertz CT molecular complexity index is 887. The molecule has 0 bridgehead atoms. The van der Waals surface area contributed by atoms with Gasteiger partial charge >= 0.3 is 0 Å². The van der Waals surface area contributed by atoms with Crippen molar-refractivity contribution in [2.75, 3.05) is 44.7 Å². The molecule has 1 atom stereocenters. The average Bonchev–Trinajstić information content (AvgIpc) is 2.80. The maximum absolute atomic E-state index is 11.8. The first kappa shape index (κ1) is 22.0. The number of carbonyl (C=O) groups excluding carboxylic acids is 1. The van der Waals surface area contributed by atoms with Crippen LogP contribution in [0.4, 0.5) is 5.82 Å². The van der Waals surface area contributed by atoms with Gasteiger partial charge in [0.1, 0.15) is 5.82 Å². The number of hydrogen-bond acceptors (Lipinski definition) is 6. The largest absolute Gasteiger partial charge is 0.355 e. The smallest absolute Gasteiger partial charge is 0.252 e. The molecule has 0 aliphatic carbocycles. The molecule has 1 amide bonds. The summed E-state index contributed by atoms with van der Waals surface area (Å²) >= 11 is 6.47. The molecule has 2 aromatic heterocycles. The summed E-state index contributed by atoms with van der Waals surface area (Å²) in [7, 11) is 1.61. The van der Waals surface area contributed by atoms with Crippen LogP contribution in [-0.2, 0) is 6.54 Å². The summed E-state index contributed by atoms with van der Waals surface area (Å²) in [6.45, 7) is 8.24. The fourth-order valence-corrected chi connectivity index (χ4v) is 5.05. The minimum Gasteiger partial charge on any atom is -0.355 e. The summed E-state index contributed by atoms with van der Waals surface area (Å²) in [5, 5.41) is 3.14. The van der Waals surface area contributed by atoms with E-state index in [0.717, 1.165) is 50.8 Å². The minimum absolute atomic E-state index is 0.173. The molecule has 2 aliphatic rings. The molecule has 0 unspecified atom stereocenters. The second kappa shape index (κ2) is 9.94. The van der Waals surface area contributed by atoms with Crippen molar-refractivity contribution in [2.24, 2.45) is 0 Å². The van der Waals surface area contributed by atoms with Gasteiger partial charge < -0.3 is 10.2 Å². The third-order valence-electron chi connectivity index (χ3n) is 6.43. The molecule has 0 spiro atoms. The van der Waals surface area contributed by atoms with Gasteiger partial charge in [-0.1, -0.05) is 17.7 Å². The van der Waals surface area contributed by atoms with Crippen molar-refractivity contribution in [1.29, 1.82) is 0 Å². The highest BCUT2D eigenvalue weighted by molar-refractivity contribution is 6.33. The number of nitrogens with one attached hydrogen (secondary N) is 1. The Morgan fingerprint density at radius 2 is 2.00 bits per heavy atom. The standard InChI is InChI=1S/C23H31ClN6O/c1-17-15-29(22-21(24)13-18(14-27-22)23(31)25-2)11-12-30(17)20-6-9-28(10-7-20)16-19-5-3-4-8-26-19/h3-5,8,13-14,17,20H,6-7,9-12,15-16H2,1-2H3,(H,25,31)/t17-/m0/s1. The molecule has 2 aliphatic heterocycles. The van der Waals surface area contributed by atoms with E-state index in [-0.39, 0.29) is 5.91 Å². The summed E-state index contributed by atoms with van der Waals surface area (Å²) in [4.78, 5) is 28.2. The summed E-state index contributed by atoms with van der Waals surface area (Å²) < 4.78 is 0. The Labute approximate surface area is 189 Å². The molecule has 0 saturated carbocycles. The Kier molecular flexibility index (Phi) is 7.05. The molecule has 2 saturated heterocycles. The summed E-state index contributed by atoms with van der Waals surface area (Å²) in [6.07, 6.45) is 5.86. The molecular weight excluding hydrogens is 412 g/mol. The molecule has 2 fully saturated rings. The predicted octanol–water partition coefficient (Wildman–Crippen LogP) is 2.66. The second-order valence-corrected chi connectivity index (χ2v) is 8.88. The van der Waals surface area contributed by atoms with Crippen molar-refractivity contribution < 1.29 is 4.79 Å². The molecule has 166 valence electrons. The number of carbonyl (C=O) groups is 1. The molecule has 8 heteroatoms. The molecule has 4 heterocycles. The highest BCUT2D eigenvalue weighted by Gasteiger charge is 2.32. The molecule has 7 nitrogen and oxygen atoms in total. The zero-order chi connectivity index (χ0) is 21.8. The zero-order valence-electron chi connectivity index (χ0n) is 18.3. The van der Waals surface area contributed by atoms with Crippen molar-refractivity contribution in [3.05, 3.63) is 52.9 Å². The van der Waals surface area contributed by atoms with E-state index in [1.54, 1.807) is 19.3 Å². The first-order valence-electron chi connectivity index (χ1n) is 11.1. The second-order valence-electron chi connectivity index (χ2n) is 8.47. The van der Waals surface area contributed by atoms with E-state index in [9.17, 15) is 4.79 Å². The predicted molar refractivity (Wildman–Crippen MR) is 124 cm³/mol. The fourth-order valence-electron chi connectivity index (χ4n) is 4.77. The minimum atomic E-state index is -0.173. The lowest BCUT2D eigenvalue weighted by atomic mass is 9.99. The molecule has 2 aromatic rings. The topological polar surface area (TPSA) is 64.6 Å². The number of aromatic nitrogens is 2. The van der Waals surface area contributed by atoms with Gasteiger partial charge in [0.25, 0.3) is 5.91 Å². The molecule has 4 rings (SSSR count). The lowest BCUT2D eigenvalue weighted by Gasteiger charge is -2.46. The Balaban J connectivity index is 1.31. The normalized spacial score (nSPS) is 21.3. The quantitative estimate of drug-likeness (QED) is 0.768. The summed E-state index contributed by atoms with van der Waals surface area (Å²) in [5.41, 5.74) is 1.63. The number of piperidine rings is 1. The van der Waals surface area contributed by atoms with Crippen molar-refractivity contribution in [3.63, 3.8) is 0 Å². The summed E-state index contributed by atoms with van der Waals surface area (Å²) in [5.74, 6) is 0.597. The molecule has 1 N–H and O–H groups in total. The Morgan fingerprint density at radius 1 is 1.19 bits per heavy atom. The van der Waals surface area contributed by atoms with E-state index in [0.29, 0.717) is 22.7 Å².